The lowest BCUT2D eigenvalue weighted by atomic mass is 9.87. The summed E-state index contributed by atoms with van der Waals surface area (Å²) in [5, 5.41) is 4.06. The van der Waals surface area contributed by atoms with E-state index in [0.29, 0.717) is 5.11 Å². The summed E-state index contributed by atoms with van der Waals surface area (Å²) in [7, 11) is 1.67. The number of hydrogen-bond acceptors (Lipinski definition) is 2. The molecule has 0 saturated carbocycles. The molecule has 3 rings (SSSR count). The first kappa shape index (κ1) is 21.8. The van der Waals surface area contributed by atoms with Gasteiger partial charge in [-0.15, -0.1) is 0 Å². The third-order valence-electron chi connectivity index (χ3n) is 5.02. The van der Waals surface area contributed by atoms with E-state index < -0.39 is 0 Å². The first-order chi connectivity index (χ1) is 14.3. The largest absolute Gasteiger partial charge is 0.497 e. The summed E-state index contributed by atoms with van der Waals surface area (Å²) in [4.78, 5) is 2.19. The van der Waals surface area contributed by atoms with Crippen LogP contribution in [0.5, 0.6) is 5.75 Å². The second-order valence-electron chi connectivity index (χ2n) is 8.45. The highest BCUT2D eigenvalue weighted by Crippen LogP contribution is 2.23. The third kappa shape index (κ3) is 6.07. The van der Waals surface area contributed by atoms with Gasteiger partial charge in [0.15, 0.2) is 5.11 Å². The number of ether oxygens (including phenoxy) is 1. The van der Waals surface area contributed by atoms with Gasteiger partial charge in [0, 0.05) is 24.8 Å². The van der Waals surface area contributed by atoms with E-state index in [2.05, 4.69) is 79.5 Å². The second kappa shape index (κ2) is 9.77. The van der Waals surface area contributed by atoms with E-state index >= 15 is 0 Å². The van der Waals surface area contributed by atoms with Crippen molar-refractivity contribution in [1.29, 1.82) is 0 Å². The van der Waals surface area contributed by atoms with Gasteiger partial charge in [-0.25, -0.2) is 0 Å². The molecular formula is C26H30N2OS. The zero-order valence-electron chi connectivity index (χ0n) is 18.2. The maximum Gasteiger partial charge on any atom is 0.174 e. The van der Waals surface area contributed by atoms with E-state index in [-0.39, 0.29) is 5.41 Å². The maximum absolute atomic E-state index is 5.79. The molecule has 0 aliphatic heterocycles. The van der Waals surface area contributed by atoms with Gasteiger partial charge >= 0.3 is 0 Å². The number of nitrogens with one attached hydrogen (secondary N) is 1. The minimum Gasteiger partial charge on any atom is -0.497 e. The quantitative estimate of drug-likeness (QED) is 0.469. The molecule has 0 atom stereocenters. The van der Waals surface area contributed by atoms with E-state index in [0.717, 1.165) is 24.5 Å². The van der Waals surface area contributed by atoms with Gasteiger partial charge < -0.3 is 15.0 Å². The summed E-state index contributed by atoms with van der Waals surface area (Å²) in [5.74, 6) is 0.801. The highest BCUT2D eigenvalue weighted by Gasteiger charge is 2.15. The molecule has 3 nitrogen and oxygen atoms in total. The molecule has 0 bridgehead atoms. The van der Waals surface area contributed by atoms with Crippen LogP contribution in [0.25, 0.3) is 0 Å². The molecule has 0 heterocycles. The fourth-order valence-electron chi connectivity index (χ4n) is 3.24. The number of nitrogens with zero attached hydrogens (tertiary/aromatic N) is 1. The Morgan fingerprint density at radius 2 is 1.50 bits per heavy atom. The van der Waals surface area contributed by atoms with E-state index in [4.69, 9.17) is 17.0 Å². The predicted octanol–water partition coefficient (Wildman–Crippen LogP) is 6.39. The van der Waals surface area contributed by atoms with Crippen LogP contribution in [0.3, 0.4) is 0 Å². The third-order valence-corrected chi connectivity index (χ3v) is 5.38. The number of thiocarbonyl (C=S) groups is 1. The molecule has 0 aliphatic rings. The topological polar surface area (TPSA) is 24.5 Å². The lowest BCUT2D eigenvalue weighted by molar-refractivity contribution is 0.411. The summed E-state index contributed by atoms with van der Waals surface area (Å²) in [6, 6.07) is 27.1. The van der Waals surface area contributed by atoms with Crippen molar-refractivity contribution in [3.63, 3.8) is 0 Å². The number of methoxy groups -OCH3 is 1. The van der Waals surface area contributed by atoms with Crippen molar-refractivity contribution in [2.75, 3.05) is 12.4 Å². The number of benzene rings is 3. The minimum absolute atomic E-state index is 0.144. The van der Waals surface area contributed by atoms with E-state index in [1.165, 1.54) is 16.7 Å². The summed E-state index contributed by atoms with van der Waals surface area (Å²) in [5.41, 5.74) is 4.84. The summed E-state index contributed by atoms with van der Waals surface area (Å²) in [6.07, 6.45) is 0. The minimum atomic E-state index is 0.144. The van der Waals surface area contributed by atoms with Crippen LogP contribution in [0.4, 0.5) is 5.69 Å². The molecule has 0 saturated heterocycles. The average Bonchev–Trinajstić information content (AvgIpc) is 2.74. The van der Waals surface area contributed by atoms with Crippen molar-refractivity contribution in [3.05, 3.63) is 95.6 Å². The maximum atomic E-state index is 5.79. The molecule has 156 valence electrons. The van der Waals surface area contributed by atoms with Crippen LogP contribution in [0.15, 0.2) is 78.9 Å². The molecule has 4 heteroatoms. The van der Waals surface area contributed by atoms with E-state index in [1.807, 2.05) is 30.3 Å². The first-order valence-electron chi connectivity index (χ1n) is 10.2. The van der Waals surface area contributed by atoms with Gasteiger partial charge in [-0.05, 0) is 46.5 Å². The molecule has 0 fully saturated rings. The van der Waals surface area contributed by atoms with Crippen LogP contribution in [-0.2, 0) is 18.5 Å². The summed E-state index contributed by atoms with van der Waals surface area (Å²) < 4.78 is 5.33. The van der Waals surface area contributed by atoms with Crippen molar-refractivity contribution in [2.24, 2.45) is 0 Å². The Morgan fingerprint density at radius 1 is 0.867 bits per heavy atom. The summed E-state index contributed by atoms with van der Waals surface area (Å²) >= 11 is 5.79. The predicted molar refractivity (Wildman–Crippen MR) is 130 cm³/mol. The second-order valence-corrected chi connectivity index (χ2v) is 8.84. The molecule has 3 aromatic carbocycles. The molecule has 3 aromatic rings. The number of hydrogen-bond donors (Lipinski definition) is 1. The van der Waals surface area contributed by atoms with Gasteiger partial charge in [0.1, 0.15) is 5.75 Å². The average molecular weight is 419 g/mol. The van der Waals surface area contributed by atoms with Crippen molar-refractivity contribution in [3.8, 4) is 5.75 Å². The Kier molecular flexibility index (Phi) is 7.11. The van der Waals surface area contributed by atoms with Crippen LogP contribution >= 0.6 is 12.2 Å². The Labute approximate surface area is 185 Å². The van der Waals surface area contributed by atoms with E-state index in [9.17, 15) is 0 Å². The molecular weight excluding hydrogens is 388 g/mol. The van der Waals surface area contributed by atoms with E-state index in [1.54, 1.807) is 7.11 Å². The highest BCUT2D eigenvalue weighted by atomic mass is 32.1. The van der Waals surface area contributed by atoms with Crippen LogP contribution in [0.2, 0.25) is 0 Å². The highest BCUT2D eigenvalue weighted by molar-refractivity contribution is 7.80. The van der Waals surface area contributed by atoms with Crippen molar-refractivity contribution in [2.45, 2.75) is 39.3 Å². The fraction of sp³-hybridized carbons (Fsp3) is 0.269. The molecule has 0 aliphatic carbocycles. The molecule has 0 radical (unpaired) electrons. The number of anilines is 1. The van der Waals surface area contributed by atoms with Crippen molar-refractivity contribution in [1.82, 2.24) is 4.90 Å². The van der Waals surface area contributed by atoms with Gasteiger partial charge in [0.2, 0.25) is 0 Å². The van der Waals surface area contributed by atoms with Gasteiger partial charge in [-0.2, -0.15) is 0 Å². The zero-order chi connectivity index (χ0) is 21.6. The van der Waals surface area contributed by atoms with Gasteiger partial charge in [-0.3, -0.25) is 0 Å². The first-order valence-corrected chi connectivity index (χ1v) is 10.6. The standard InChI is InChI=1S/C26H30N2OS/c1-26(2,3)22-15-13-21(14-16-22)19-28(18-20-9-6-5-7-10-20)25(30)27-23-11-8-12-24(17-23)29-4/h5-17H,18-19H2,1-4H3,(H,27,30). The lowest BCUT2D eigenvalue weighted by Crippen LogP contribution is -2.33. The molecule has 0 aromatic heterocycles. The van der Waals surface area contributed by atoms with Gasteiger partial charge in [0.05, 0.1) is 7.11 Å². The molecule has 1 N–H and O–H groups in total. The van der Waals surface area contributed by atoms with Crippen LogP contribution in [-0.4, -0.2) is 17.1 Å². The van der Waals surface area contributed by atoms with Crippen LogP contribution in [0.1, 0.15) is 37.5 Å². The number of rotatable bonds is 6. The van der Waals surface area contributed by atoms with Gasteiger partial charge in [0.25, 0.3) is 0 Å². The molecule has 30 heavy (non-hydrogen) atoms. The monoisotopic (exact) mass is 418 g/mol. The molecule has 0 unspecified atom stereocenters. The normalized spacial score (nSPS) is 11.1. The molecule has 0 spiro atoms. The zero-order valence-corrected chi connectivity index (χ0v) is 19.0. The van der Waals surface area contributed by atoms with Crippen LogP contribution < -0.4 is 10.1 Å². The Balaban J connectivity index is 1.79. The van der Waals surface area contributed by atoms with Crippen molar-refractivity contribution >= 4 is 23.0 Å². The van der Waals surface area contributed by atoms with Crippen molar-refractivity contribution < 1.29 is 4.74 Å². The van der Waals surface area contributed by atoms with Crippen LogP contribution in [0, 0.1) is 0 Å². The Hall–Kier alpha value is -2.85. The Bertz CT molecular complexity index is 962. The molecule has 0 amide bonds. The smallest absolute Gasteiger partial charge is 0.174 e. The lowest BCUT2D eigenvalue weighted by Gasteiger charge is -2.27. The summed E-state index contributed by atoms with van der Waals surface area (Å²) in [6.45, 7) is 8.16. The fourth-order valence-corrected chi connectivity index (χ4v) is 3.48. The SMILES string of the molecule is COc1cccc(NC(=S)N(Cc2ccccc2)Cc2ccc(C(C)(C)C)cc2)c1. The van der Waals surface area contributed by atoms with Gasteiger partial charge in [-0.1, -0.05) is 81.4 Å². The Morgan fingerprint density at radius 3 is 2.10 bits per heavy atom.